The summed E-state index contributed by atoms with van der Waals surface area (Å²) in [6, 6.07) is 12.6. The first kappa shape index (κ1) is 17.9. The number of aromatic nitrogens is 3. The van der Waals surface area contributed by atoms with E-state index in [0.717, 1.165) is 29.7 Å². The van der Waals surface area contributed by atoms with Gasteiger partial charge in [0.2, 0.25) is 5.95 Å². The summed E-state index contributed by atoms with van der Waals surface area (Å²) in [5, 5.41) is 6.70. The molecular formula is C21H28N6. The first-order chi connectivity index (χ1) is 12.7. The smallest absolute Gasteiger partial charge is 0.223 e. The lowest BCUT2D eigenvalue weighted by Gasteiger charge is -2.52. The molecule has 142 valence electrons. The highest BCUT2D eigenvalue weighted by Gasteiger charge is 2.44. The number of hydrogen-bond acceptors (Lipinski definition) is 5. The minimum absolute atomic E-state index is 0.0891. The average Bonchev–Trinajstić information content (AvgIpc) is 3.03. The van der Waals surface area contributed by atoms with Gasteiger partial charge in [-0.25, -0.2) is 15.0 Å². The Hall–Kier alpha value is -2.44. The van der Waals surface area contributed by atoms with Crippen LogP contribution in [0.25, 0.3) is 22.3 Å². The number of fused-ring (bicyclic) bond motifs is 1. The van der Waals surface area contributed by atoms with Gasteiger partial charge in [-0.3, -0.25) is 5.84 Å². The Morgan fingerprint density at radius 3 is 2.52 bits per heavy atom. The summed E-state index contributed by atoms with van der Waals surface area (Å²) in [7, 11) is 0. The summed E-state index contributed by atoms with van der Waals surface area (Å²) in [5.74, 6) is 7.01. The molecule has 1 aliphatic rings. The van der Waals surface area contributed by atoms with Crippen LogP contribution >= 0.6 is 0 Å². The molecule has 6 heteroatoms. The lowest BCUT2D eigenvalue weighted by molar-refractivity contribution is -0.0329. The standard InChI is InChI=1S/C21H28N6/c1-20(2)12-15(13-21(3,4)27(20)22)24-19-23-10-9-17(26-19)18-11-14-7-5-6-8-16(14)25-18/h5-11,15,25H,12-13,22H2,1-4H3,(H,23,24,26). The third-order valence-electron chi connectivity index (χ3n) is 5.59. The number of rotatable bonds is 3. The van der Waals surface area contributed by atoms with Crippen LogP contribution in [0.3, 0.4) is 0 Å². The minimum atomic E-state index is -0.0891. The van der Waals surface area contributed by atoms with E-state index in [4.69, 9.17) is 10.8 Å². The highest BCUT2D eigenvalue weighted by Crippen LogP contribution is 2.36. The molecule has 0 bridgehead atoms. The molecule has 1 saturated heterocycles. The molecule has 4 rings (SSSR count). The maximum Gasteiger partial charge on any atom is 0.223 e. The van der Waals surface area contributed by atoms with E-state index in [-0.39, 0.29) is 17.1 Å². The van der Waals surface area contributed by atoms with Crippen molar-refractivity contribution in [3.05, 3.63) is 42.6 Å². The van der Waals surface area contributed by atoms with Gasteiger partial charge in [-0.15, -0.1) is 0 Å². The van der Waals surface area contributed by atoms with Gasteiger partial charge in [0.25, 0.3) is 0 Å². The first-order valence-corrected chi connectivity index (χ1v) is 9.47. The molecule has 0 radical (unpaired) electrons. The van der Waals surface area contributed by atoms with Gasteiger partial charge in [0, 0.05) is 34.2 Å². The van der Waals surface area contributed by atoms with Gasteiger partial charge in [-0.2, -0.15) is 0 Å². The van der Waals surface area contributed by atoms with Crippen LogP contribution in [0.2, 0.25) is 0 Å². The van der Waals surface area contributed by atoms with E-state index in [1.807, 2.05) is 29.4 Å². The molecule has 6 nitrogen and oxygen atoms in total. The lowest BCUT2D eigenvalue weighted by atomic mass is 9.78. The fraction of sp³-hybridized carbons (Fsp3) is 0.429. The molecular weight excluding hydrogens is 336 g/mol. The van der Waals surface area contributed by atoms with Crippen LogP contribution < -0.4 is 11.2 Å². The lowest BCUT2D eigenvalue weighted by Crippen LogP contribution is -2.65. The van der Waals surface area contributed by atoms with Crippen molar-refractivity contribution in [1.82, 2.24) is 20.0 Å². The summed E-state index contributed by atoms with van der Waals surface area (Å²) in [6.45, 7) is 8.74. The van der Waals surface area contributed by atoms with Crippen LogP contribution in [0.4, 0.5) is 5.95 Å². The van der Waals surface area contributed by atoms with Crippen molar-refractivity contribution in [3.63, 3.8) is 0 Å². The number of nitrogens with zero attached hydrogens (tertiary/aromatic N) is 3. The Balaban J connectivity index is 1.58. The molecule has 4 N–H and O–H groups in total. The van der Waals surface area contributed by atoms with Gasteiger partial charge in [0.1, 0.15) is 0 Å². The van der Waals surface area contributed by atoms with Crippen molar-refractivity contribution in [1.29, 1.82) is 0 Å². The summed E-state index contributed by atoms with van der Waals surface area (Å²) in [5.41, 5.74) is 2.82. The molecule has 0 aliphatic carbocycles. The van der Waals surface area contributed by atoms with Gasteiger partial charge in [-0.05, 0) is 58.7 Å². The number of benzene rings is 1. The van der Waals surface area contributed by atoms with Crippen LogP contribution in [0.5, 0.6) is 0 Å². The van der Waals surface area contributed by atoms with E-state index in [1.165, 1.54) is 5.39 Å². The zero-order valence-corrected chi connectivity index (χ0v) is 16.5. The Morgan fingerprint density at radius 1 is 1.11 bits per heavy atom. The quantitative estimate of drug-likeness (QED) is 0.613. The molecule has 1 aliphatic heterocycles. The second-order valence-corrected chi connectivity index (χ2v) is 8.78. The van der Waals surface area contributed by atoms with E-state index >= 15 is 0 Å². The van der Waals surface area contributed by atoms with E-state index in [0.29, 0.717) is 5.95 Å². The SMILES string of the molecule is CC1(C)CC(Nc2nccc(-c3cc4ccccc4[nH]3)n2)CC(C)(C)N1N. The highest BCUT2D eigenvalue weighted by molar-refractivity contribution is 5.85. The second kappa shape index (κ2) is 6.32. The Labute approximate surface area is 160 Å². The number of anilines is 1. The van der Waals surface area contributed by atoms with Gasteiger partial charge in [0.05, 0.1) is 11.4 Å². The maximum absolute atomic E-state index is 6.35. The molecule has 3 aromatic rings. The number of hydrogen-bond donors (Lipinski definition) is 3. The van der Waals surface area contributed by atoms with Crippen molar-refractivity contribution in [3.8, 4) is 11.4 Å². The maximum atomic E-state index is 6.35. The molecule has 0 unspecified atom stereocenters. The summed E-state index contributed by atoms with van der Waals surface area (Å²) < 4.78 is 0. The number of nitrogens with one attached hydrogen (secondary N) is 2. The third-order valence-corrected chi connectivity index (χ3v) is 5.59. The van der Waals surface area contributed by atoms with Crippen LogP contribution in [0.15, 0.2) is 42.6 Å². The predicted octanol–water partition coefficient (Wildman–Crippen LogP) is 3.93. The van der Waals surface area contributed by atoms with Gasteiger partial charge < -0.3 is 10.3 Å². The second-order valence-electron chi connectivity index (χ2n) is 8.78. The molecule has 27 heavy (non-hydrogen) atoms. The van der Waals surface area contributed by atoms with Crippen LogP contribution in [-0.4, -0.2) is 37.1 Å². The molecule has 1 aromatic carbocycles. The molecule has 2 aromatic heterocycles. The topological polar surface area (TPSA) is 82.9 Å². The molecule has 0 saturated carbocycles. The first-order valence-electron chi connectivity index (χ1n) is 9.47. The van der Waals surface area contributed by atoms with Crippen molar-refractivity contribution >= 4 is 16.9 Å². The fourth-order valence-electron chi connectivity index (χ4n) is 4.37. The van der Waals surface area contributed by atoms with Crippen molar-refractivity contribution in [2.24, 2.45) is 5.84 Å². The molecule has 0 amide bonds. The monoisotopic (exact) mass is 364 g/mol. The van der Waals surface area contributed by atoms with Crippen molar-refractivity contribution in [2.75, 3.05) is 5.32 Å². The minimum Gasteiger partial charge on any atom is -0.353 e. The molecule has 0 spiro atoms. The highest BCUT2D eigenvalue weighted by atomic mass is 15.5. The summed E-state index contributed by atoms with van der Waals surface area (Å²) in [6.07, 6.45) is 3.68. The largest absolute Gasteiger partial charge is 0.353 e. The van der Waals surface area contributed by atoms with Gasteiger partial charge in [0.15, 0.2) is 0 Å². The number of piperidine rings is 1. The predicted molar refractivity (Wildman–Crippen MR) is 110 cm³/mol. The van der Waals surface area contributed by atoms with Crippen LogP contribution in [0.1, 0.15) is 40.5 Å². The van der Waals surface area contributed by atoms with E-state index < -0.39 is 0 Å². The number of nitrogens with two attached hydrogens (primary N) is 1. The molecule has 1 fully saturated rings. The van der Waals surface area contributed by atoms with Crippen molar-refractivity contribution < 1.29 is 0 Å². The average molecular weight is 364 g/mol. The Morgan fingerprint density at radius 2 is 1.81 bits per heavy atom. The van der Waals surface area contributed by atoms with Gasteiger partial charge >= 0.3 is 0 Å². The normalized spacial score (nSPS) is 20.0. The third kappa shape index (κ3) is 3.42. The number of H-pyrrole nitrogens is 1. The van der Waals surface area contributed by atoms with E-state index in [9.17, 15) is 0 Å². The van der Waals surface area contributed by atoms with E-state index in [2.05, 4.69) is 61.2 Å². The fourth-order valence-corrected chi connectivity index (χ4v) is 4.37. The van der Waals surface area contributed by atoms with Gasteiger partial charge in [-0.1, -0.05) is 18.2 Å². The summed E-state index contributed by atoms with van der Waals surface area (Å²) in [4.78, 5) is 12.6. The zero-order valence-electron chi connectivity index (χ0n) is 16.5. The molecule has 0 atom stereocenters. The Kier molecular flexibility index (Phi) is 4.20. The molecule has 3 heterocycles. The zero-order chi connectivity index (χ0) is 19.2. The number of aromatic amines is 1. The summed E-state index contributed by atoms with van der Waals surface area (Å²) >= 11 is 0. The van der Waals surface area contributed by atoms with Crippen LogP contribution in [0, 0.1) is 0 Å². The number of para-hydroxylation sites is 1. The number of hydrazine groups is 1. The van der Waals surface area contributed by atoms with Crippen molar-refractivity contribution in [2.45, 2.75) is 57.7 Å². The van der Waals surface area contributed by atoms with Crippen LogP contribution in [-0.2, 0) is 0 Å². The van der Waals surface area contributed by atoms with E-state index in [1.54, 1.807) is 0 Å². The Bertz CT molecular complexity index is 907.